The minimum Gasteiger partial charge on any atom is -0.481 e. The molecule has 0 saturated heterocycles. The zero-order valence-corrected chi connectivity index (χ0v) is 20.1. The molecule has 0 spiro atoms. The maximum absolute atomic E-state index is 11.5. The van der Waals surface area contributed by atoms with E-state index >= 15 is 0 Å². The lowest BCUT2D eigenvalue weighted by atomic mass is 10.1. The van der Waals surface area contributed by atoms with Gasteiger partial charge in [-0.25, -0.2) is 4.98 Å². The van der Waals surface area contributed by atoms with Crippen molar-refractivity contribution in [2.45, 2.75) is 84.3 Å². The van der Waals surface area contributed by atoms with Crippen LogP contribution in [0.2, 0.25) is 0 Å². The second-order valence-corrected chi connectivity index (χ2v) is 8.25. The van der Waals surface area contributed by atoms with E-state index < -0.39 is 18.0 Å². The average molecular weight is 452 g/mol. The number of pyridine rings is 1. The first kappa shape index (κ1) is 27.8. The summed E-state index contributed by atoms with van der Waals surface area (Å²) in [6.45, 7) is 8.15. The minimum atomic E-state index is -0.752. The van der Waals surface area contributed by atoms with Crippen LogP contribution in [0.4, 0.5) is 5.82 Å². The summed E-state index contributed by atoms with van der Waals surface area (Å²) in [5.41, 5.74) is 2.42. The fraction of sp³-hybridized carbons (Fsp3) is 0.708. The number of hydrogen-bond acceptors (Lipinski definition) is 6. The summed E-state index contributed by atoms with van der Waals surface area (Å²) >= 11 is 0. The molecule has 2 atom stereocenters. The van der Waals surface area contributed by atoms with E-state index in [0.29, 0.717) is 19.4 Å². The lowest BCUT2D eigenvalue weighted by molar-refractivity contribution is -0.144. The number of carbonyl (C=O) groups is 2. The molecule has 0 amide bonds. The molecule has 1 aromatic heterocycles. The molecule has 0 fully saturated rings. The maximum atomic E-state index is 11.5. The first-order valence-electron chi connectivity index (χ1n) is 11.8. The molecule has 1 aliphatic heterocycles. The third kappa shape index (κ3) is 10.4. The number of aromatic nitrogens is 1. The predicted octanol–water partition coefficient (Wildman–Crippen LogP) is 3.83. The van der Waals surface area contributed by atoms with Gasteiger partial charge in [0.2, 0.25) is 0 Å². The van der Waals surface area contributed by atoms with E-state index in [4.69, 9.17) is 14.8 Å². The van der Waals surface area contributed by atoms with Gasteiger partial charge in [0.25, 0.3) is 0 Å². The van der Waals surface area contributed by atoms with Gasteiger partial charge in [-0.1, -0.05) is 19.9 Å². The van der Waals surface area contributed by atoms with E-state index in [2.05, 4.69) is 17.4 Å². The molecule has 1 aliphatic rings. The Hall–Kier alpha value is -2.19. The average Bonchev–Trinajstić information content (AvgIpc) is 2.76. The molecule has 8 heteroatoms. The second kappa shape index (κ2) is 15.6. The molecule has 0 aromatic carbocycles. The normalized spacial score (nSPS) is 14.5. The Morgan fingerprint density at radius 2 is 2.00 bits per heavy atom. The van der Waals surface area contributed by atoms with Gasteiger partial charge in [0.1, 0.15) is 11.9 Å². The van der Waals surface area contributed by atoms with E-state index in [0.717, 1.165) is 56.7 Å². The fourth-order valence-electron chi connectivity index (χ4n) is 3.71. The molecule has 1 aromatic rings. The van der Waals surface area contributed by atoms with Gasteiger partial charge in [-0.15, -0.1) is 0 Å². The minimum absolute atomic E-state index is 0.0248. The number of nitrogens with one attached hydrogen (secondary N) is 1. The standard InChI is InChI=1S/C20H33N3O3.C4H8O2/c1-4-18(20(24)25)23(14-15(2)26-3)13-6-5-9-17-11-10-16-8-7-12-21-19(16)22-17;1-2-3-4(5)6/h10-11,15,18H,4-9,12-14H2,1-3H3,(H,21,22)(H,24,25);2-3H2,1H3,(H,5,6)/t15-,18?;/m1./s1. The van der Waals surface area contributed by atoms with Crippen molar-refractivity contribution < 1.29 is 24.5 Å². The summed E-state index contributed by atoms with van der Waals surface area (Å²) < 4.78 is 5.33. The van der Waals surface area contributed by atoms with Gasteiger partial charge in [-0.2, -0.15) is 0 Å². The molecular weight excluding hydrogens is 410 g/mol. The fourth-order valence-corrected chi connectivity index (χ4v) is 3.71. The molecule has 2 rings (SSSR count). The second-order valence-electron chi connectivity index (χ2n) is 8.25. The molecule has 8 nitrogen and oxygen atoms in total. The largest absolute Gasteiger partial charge is 0.481 e. The molecule has 0 saturated carbocycles. The Balaban J connectivity index is 0.000000751. The van der Waals surface area contributed by atoms with Crippen LogP contribution in [0.25, 0.3) is 0 Å². The van der Waals surface area contributed by atoms with Gasteiger partial charge in [-0.3, -0.25) is 14.5 Å². The van der Waals surface area contributed by atoms with Crippen molar-refractivity contribution in [1.82, 2.24) is 9.88 Å². The number of hydrogen-bond donors (Lipinski definition) is 3. The highest BCUT2D eigenvalue weighted by Gasteiger charge is 2.24. The van der Waals surface area contributed by atoms with E-state index in [-0.39, 0.29) is 6.10 Å². The number of aryl methyl sites for hydroxylation is 2. The quantitative estimate of drug-likeness (QED) is 0.388. The number of nitrogens with zero attached hydrogens (tertiary/aromatic N) is 2. The van der Waals surface area contributed by atoms with Gasteiger partial charge in [-0.05, 0) is 70.0 Å². The van der Waals surface area contributed by atoms with Crippen LogP contribution in [0.5, 0.6) is 0 Å². The number of rotatable bonds is 13. The Bertz CT molecular complexity index is 698. The maximum Gasteiger partial charge on any atom is 0.320 e. The van der Waals surface area contributed by atoms with Gasteiger partial charge >= 0.3 is 11.9 Å². The molecule has 0 radical (unpaired) electrons. The summed E-state index contributed by atoms with van der Waals surface area (Å²) in [7, 11) is 1.67. The van der Waals surface area contributed by atoms with Crippen molar-refractivity contribution in [2.75, 3.05) is 32.1 Å². The van der Waals surface area contributed by atoms with Gasteiger partial charge in [0.05, 0.1) is 6.10 Å². The number of aliphatic carboxylic acids is 2. The van der Waals surface area contributed by atoms with Gasteiger partial charge in [0, 0.05) is 32.3 Å². The molecule has 0 aliphatic carbocycles. The molecule has 32 heavy (non-hydrogen) atoms. The number of fused-ring (bicyclic) bond motifs is 1. The van der Waals surface area contributed by atoms with Crippen molar-refractivity contribution in [3.05, 3.63) is 23.4 Å². The van der Waals surface area contributed by atoms with Crippen molar-refractivity contribution in [1.29, 1.82) is 0 Å². The summed E-state index contributed by atoms with van der Waals surface area (Å²) in [5, 5.41) is 20.8. The molecule has 0 bridgehead atoms. The van der Waals surface area contributed by atoms with E-state index in [9.17, 15) is 14.7 Å². The van der Waals surface area contributed by atoms with Gasteiger partial charge in [0.15, 0.2) is 0 Å². The number of unbranched alkanes of at least 4 members (excludes halogenated alkanes) is 1. The highest BCUT2D eigenvalue weighted by atomic mass is 16.5. The summed E-state index contributed by atoms with van der Waals surface area (Å²) in [4.78, 5) is 27.9. The van der Waals surface area contributed by atoms with Crippen LogP contribution in [0.15, 0.2) is 12.1 Å². The van der Waals surface area contributed by atoms with Crippen LogP contribution < -0.4 is 5.32 Å². The van der Waals surface area contributed by atoms with Crippen molar-refractivity contribution in [3.8, 4) is 0 Å². The summed E-state index contributed by atoms with van der Waals surface area (Å²) in [6.07, 6.45) is 6.80. The van der Waals surface area contributed by atoms with E-state index in [1.807, 2.05) is 25.7 Å². The number of carboxylic acids is 2. The zero-order valence-electron chi connectivity index (χ0n) is 20.1. The highest BCUT2D eigenvalue weighted by Crippen LogP contribution is 2.20. The highest BCUT2D eigenvalue weighted by molar-refractivity contribution is 5.73. The topological polar surface area (TPSA) is 112 Å². The van der Waals surface area contributed by atoms with Crippen molar-refractivity contribution in [3.63, 3.8) is 0 Å². The number of carboxylic acid groups (broad SMARTS) is 2. The van der Waals surface area contributed by atoms with Crippen molar-refractivity contribution in [2.24, 2.45) is 0 Å². The monoisotopic (exact) mass is 451 g/mol. The number of methoxy groups -OCH3 is 1. The van der Waals surface area contributed by atoms with Crippen LogP contribution in [0.3, 0.4) is 0 Å². The Kier molecular flexibility index (Phi) is 13.6. The molecule has 3 N–H and O–H groups in total. The lowest BCUT2D eigenvalue weighted by Gasteiger charge is -2.30. The summed E-state index contributed by atoms with van der Waals surface area (Å²) in [5.74, 6) is -0.419. The lowest BCUT2D eigenvalue weighted by Crippen LogP contribution is -2.45. The Morgan fingerprint density at radius 1 is 1.25 bits per heavy atom. The zero-order chi connectivity index (χ0) is 23.9. The van der Waals surface area contributed by atoms with Crippen LogP contribution >= 0.6 is 0 Å². The van der Waals surface area contributed by atoms with Crippen molar-refractivity contribution >= 4 is 17.8 Å². The van der Waals surface area contributed by atoms with Crippen LogP contribution in [-0.2, 0) is 27.2 Å². The third-order valence-corrected chi connectivity index (χ3v) is 5.55. The first-order valence-corrected chi connectivity index (χ1v) is 11.8. The predicted molar refractivity (Wildman–Crippen MR) is 126 cm³/mol. The smallest absolute Gasteiger partial charge is 0.320 e. The number of anilines is 1. The Morgan fingerprint density at radius 3 is 2.56 bits per heavy atom. The SMILES string of the molecule is CCC(C(=O)O)N(CCCCc1ccc2c(n1)NCCC2)C[C@@H](C)OC.CCCC(=O)O. The summed E-state index contributed by atoms with van der Waals surface area (Å²) in [6, 6.07) is 3.87. The van der Waals surface area contributed by atoms with Crippen LogP contribution in [0, 0.1) is 0 Å². The van der Waals surface area contributed by atoms with Crippen LogP contribution in [0.1, 0.15) is 70.6 Å². The van der Waals surface area contributed by atoms with E-state index in [1.54, 1.807) is 7.11 Å². The van der Waals surface area contributed by atoms with Gasteiger partial charge < -0.3 is 20.3 Å². The molecule has 182 valence electrons. The molecular formula is C24H41N3O5. The van der Waals surface area contributed by atoms with Crippen LogP contribution in [-0.4, -0.2) is 70.9 Å². The Labute approximate surface area is 192 Å². The first-order chi connectivity index (χ1) is 15.3. The molecule has 2 heterocycles. The third-order valence-electron chi connectivity index (χ3n) is 5.55. The number of ether oxygens (including phenoxy) is 1. The van der Waals surface area contributed by atoms with E-state index in [1.165, 1.54) is 12.0 Å². The molecule has 1 unspecified atom stereocenters.